The Morgan fingerprint density at radius 3 is 2.44 bits per heavy atom. The molecule has 10 heteroatoms. The maximum atomic E-state index is 13.3. The van der Waals surface area contributed by atoms with Crippen LogP contribution < -0.4 is 4.74 Å². The van der Waals surface area contributed by atoms with E-state index in [1.165, 1.54) is 18.0 Å². The van der Waals surface area contributed by atoms with Crippen LogP contribution in [0, 0.1) is 5.41 Å². The standard InChI is InChI=1S/C17H16F3N3O4/c1-27-12-9-23(11-5-3-2-4-6-11)21-13(12)14(24)22-8-7-16(10-22,15(25)26)17(18,19)20/h2-6,9H,7-8,10H2,1H3,(H,25,26). The summed E-state index contributed by atoms with van der Waals surface area (Å²) < 4.78 is 46.4. The number of carbonyl (C=O) groups is 2. The predicted molar refractivity (Wildman–Crippen MR) is 86.8 cm³/mol. The number of likely N-dealkylation sites (tertiary alicyclic amines) is 1. The molecule has 1 aromatic carbocycles. The number of para-hydroxylation sites is 1. The van der Waals surface area contributed by atoms with Crippen molar-refractivity contribution in [2.75, 3.05) is 20.2 Å². The number of carbonyl (C=O) groups excluding carboxylic acids is 1. The molecule has 0 saturated carbocycles. The molecule has 7 nitrogen and oxygen atoms in total. The summed E-state index contributed by atoms with van der Waals surface area (Å²) in [5, 5.41) is 13.2. The molecule has 1 amide bonds. The van der Waals surface area contributed by atoms with Crippen LogP contribution in [0.25, 0.3) is 5.69 Å². The van der Waals surface area contributed by atoms with Gasteiger partial charge in [-0.15, -0.1) is 0 Å². The van der Waals surface area contributed by atoms with Gasteiger partial charge in [0.1, 0.15) is 0 Å². The van der Waals surface area contributed by atoms with Gasteiger partial charge in [-0.25, -0.2) is 4.68 Å². The average molecular weight is 383 g/mol. The van der Waals surface area contributed by atoms with Crippen LogP contribution in [0.5, 0.6) is 5.75 Å². The van der Waals surface area contributed by atoms with Crippen molar-refractivity contribution in [1.82, 2.24) is 14.7 Å². The molecule has 1 saturated heterocycles. The first kappa shape index (κ1) is 18.7. The maximum absolute atomic E-state index is 13.3. The summed E-state index contributed by atoms with van der Waals surface area (Å²) in [7, 11) is 1.31. The summed E-state index contributed by atoms with van der Waals surface area (Å²) in [4.78, 5) is 24.9. The zero-order valence-electron chi connectivity index (χ0n) is 14.2. The molecule has 2 heterocycles. The number of amides is 1. The first-order valence-electron chi connectivity index (χ1n) is 7.98. The lowest BCUT2D eigenvalue weighted by molar-refractivity contribution is -0.227. The van der Waals surface area contributed by atoms with Gasteiger partial charge in [-0.1, -0.05) is 18.2 Å². The van der Waals surface area contributed by atoms with Crippen LogP contribution in [0.3, 0.4) is 0 Å². The van der Waals surface area contributed by atoms with Crippen molar-refractivity contribution in [3.63, 3.8) is 0 Å². The molecule has 27 heavy (non-hydrogen) atoms. The van der Waals surface area contributed by atoms with Crippen LogP contribution in [0.15, 0.2) is 36.5 Å². The minimum Gasteiger partial charge on any atom is -0.493 e. The van der Waals surface area contributed by atoms with Crippen molar-refractivity contribution in [3.05, 3.63) is 42.2 Å². The number of aromatic nitrogens is 2. The zero-order valence-corrected chi connectivity index (χ0v) is 14.2. The van der Waals surface area contributed by atoms with E-state index in [1.807, 2.05) is 0 Å². The molecular weight excluding hydrogens is 367 g/mol. The normalized spacial score (nSPS) is 19.9. The van der Waals surface area contributed by atoms with Crippen molar-refractivity contribution in [3.8, 4) is 11.4 Å². The highest BCUT2D eigenvalue weighted by molar-refractivity contribution is 5.96. The lowest BCUT2D eigenvalue weighted by Crippen LogP contribution is -2.47. The molecule has 1 unspecified atom stereocenters. The van der Waals surface area contributed by atoms with E-state index in [0.717, 1.165) is 4.90 Å². The van der Waals surface area contributed by atoms with Crippen molar-refractivity contribution >= 4 is 11.9 Å². The van der Waals surface area contributed by atoms with Gasteiger partial charge in [-0.3, -0.25) is 9.59 Å². The van der Waals surface area contributed by atoms with Crippen molar-refractivity contribution in [2.45, 2.75) is 12.6 Å². The Bertz CT molecular complexity index is 866. The number of methoxy groups -OCH3 is 1. The third kappa shape index (κ3) is 3.11. The van der Waals surface area contributed by atoms with Crippen LogP contribution >= 0.6 is 0 Å². The smallest absolute Gasteiger partial charge is 0.406 e. The predicted octanol–water partition coefficient (Wildman–Crippen LogP) is 2.36. The minimum atomic E-state index is -4.97. The maximum Gasteiger partial charge on any atom is 0.406 e. The second-order valence-electron chi connectivity index (χ2n) is 6.19. The van der Waals surface area contributed by atoms with E-state index < -0.39 is 36.4 Å². The number of carboxylic acids is 1. The number of rotatable bonds is 4. The van der Waals surface area contributed by atoms with Gasteiger partial charge in [0.2, 0.25) is 0 Å². The number of benzene rings is 1. The van der Waals surface area contributed by atoms with Gasteiger partial charge in [0.25, 0.3) is 5.91 Å². The third-order valence-electron chi connectivity index (χ3n) is 4.63. The third-order valence-corrected chi connectivity index (χ3v) is 4.63. The first-order chi connectivity index (χ1) is 12.7. The molecule has 0 bridgehead atoms. The van der Waals surface area contributed by atoms with E-state index >= 15 is 0 Å². The summed E-state index contributed by atoms with van der Waals surface area (Å²) in [5.41, 5.74) is -2.52. The number of ether oxygens (including phenoxy) is 1. The van der Waals surface area contributed by atoms with Crippen LogP contribution in [0.1, 0.15) is 16.9 Å². The van der Waals surface area contributed by atoms with Gasteiger partial charge in [0, 0.05) is 13.1 Å². The van der Waals surface area contributed by atoms with Gasteiger partial charge in [-0.05, 0) is 18.6 Å². The molecule has 1 fully saturated rings. The second kappa shape index (κ2) is 6.60. The van der Waals surface area contributed by atoms with Gasteiger partial charge < -0.3 is 14.7 Å². The van der Waals surface area contributed by atoms with E-state index in [9.17, 15) is 22.8 Å². The fourth-order valence-corrected chi connectivity index (χ4v) is 3.03. The van der Waals surface area contributed by atoms with E-state index in [2.05, 4.69) is 5.10 Å². The quantitative estimate of drug-likeness (QED) is 0.876. The van der Waals surface area contributed by atoms with Crippen LogP contribution in [0.4, 0.5) is 13.2 Å². The van der Waals surface area contributed by atoms with Crippen LogP contribution in [-0.4, -0.2) is 58.0 Å². The SMILES string of the molecule is COc1cn(-c2ccccc2)nc1C(=O)N1CCC(C(=O)O)(C(F)(F)F)C1. The highest BCUT2D eigenvalue weighted by Crippen LogP contribution is 2.46. The Kier molecular flexibility index (Phi) is 4.58. The van der Waals surface area contributed by atoms with E-state index in [1.54, 1.807) is 30.3 Å². The number of hydrogen-bond donors (Lipinski definition) is 1. The monoisotopic (exact) mass is 383 g/mol. The highest BCUT2D eigenvalue weighted by Gasteiger charge is 2.64. The Morgan fingerprint density at radius 1 is 1.26 bits per heavy atom. The first-order valence-corrected chi connectivity index (χ1v) is 7.98. The largest absolute Gasteiger partial charge is 0.493 e. The Balaban J connectivity index is 1.91. The van der Waals surface area contributed by atoms with E-state index in [4.69, 9.17) is 9.84 Å². The van der Waals surface area contributed by atoms with E-state index in [0.29, 0.717) is 5.69 Å². The zero-order chi connectivity index (χ0) is 19.8. The van der Waals surface area contributed by atoms with Gasteiger partial charge >= 0.3 is 12.1 Å². The summed E-state index contributed by atoms with van der Waals surface area (Å²) in [6.45, 7) is -1.31. The number of aliphatic carboxylic acids is 1. The second-order valence-corrected chi connectivity index (χ2v) is 6.19. The molecular formula is C17H16F3N3O4. The number of halogens is 3. The molecule has 1 atom stereocenters. The van der Waals surface area contributed by atoms with Crippen LogP contribution in [0.2, 0.25) is 0 Å². The lowest BCUT2D eigenvalue weighted by atomic mass is 9.86. The number of hydrogen-bond acceptors (Lipinski definition) is 4. The molecule has 1 aliphatic rings. The molecule has 2 aromatic rings. The number of nitrogens with zero attached hydrogens (tertiary/aromatic N) is 3. The number of alkyl halides is 3. The Hall–Kier alpha value is -3.04. The lowest BCUT2D eigenvalue weighted by Gasteiger charge is -2.27. The fraction of sp³-hybridized carbons (Fsp3) is 0.353. The van der Waals surface area contributed by atoms with Gasteiger partial charge in [-0.2, -0.15) is 18.3 Å². The van der Waals surface area contributed by atoms with Crippen molar-refractivity contribution in [2.24, 2.45) is 5.41 Å². The fourth-order valence-electron chi connectivity index (χ4n) is 3.03. The van der Waals surface area contributed by atoms with Gasteiger partial charge in [0.15, 0.2) is 16.9 Å². The van der Waals surface area contributed by atoms with Crippen molar-refractivity contribution < 1.29 is 32.6 Å². The molecule has 0 radical (unpaired) electrons. The molecule has 0 aliphatic carbocycles. The highest BCUT2D eigenvalue weighted by atomic mass is 19.4. The van der Waals surface area contributed by atoms with Crippen molar-refractivity contribution in [1.29, 1.82) is 0 Å². The Morgan fingerprint density at radius 2 is 1.93 bits per heavy atom. The minimum absolute atomic E-state index is 0.0867. The molecule has 0 spiro atoms. The molecule has 1 N–H and O–H groups in total. The summed E-state index contributed by atoms with van der Waals surface area (Å²) in [6.07, 6.45) is -4.24. The molecule has 3 rings (SSSR count). The summed E-state index contributed by atoms with van der Waals surface area (Å²) in [6, 6.07) is 8.78. The Labute approximate surface area is 151 Å². The molecule has 144 valence electrons. The molecule has 1 aliphatic heterocycles. The molecule has 1 aromatic heterocycles. The van der Waals surface area contributed by atoms with E-state index in [-0.39, 0.29) is 18.0 Å². The topological polar surface area (TPSA) is 84.7 Å². The van der Waals surface area contributed by atoms with Crippen LogP contribution in [-0.2, 0) is 4.79 Å². The summed E-state index contributed by atoms with van der Waals surface area (Å²) in [5.74, 6) is -2.72. The van der Waals surface area contributed by atoms with Gasteiger partial charge in [0.05, 0.1) is 19.0 Å². The summed E-state index contributed by atoms with van der Waals surface area (Å²) >= 11 is 0. The number of carboxylic acid groups (broad SMARTS) is 1. The average Bonchev–Trinajstić information content (AvgIpc) is 3.27.